The minimum Gasteiger partial charge on any atom is -0.490 e. The summed E-state index contributed by atoms with van der Waals surface area (Å²) in [5, 5.41) is 3.18. The number of halogens is 3. The lowest BCUT2D eigenvalue weighted by molar-refractivity contribution is -0.183. The van der Waals surface area contributed by atoms with Crippen LogP contribution in [0.5, 0.6) is 5.75 Å². The van der Waals surface area contributed by atoms with Crippen LogP contribution >= 0.6 is 0 Å². The molecular formula is C15H18F3NO. The minimum absolute atomic E-state index is 0.108. The SMILES string of the molecule is FC(F)(F)C1CCNC(c2cccc(OC3CC3)c2)C1. The highest BCUT2D eigenvalue weighted by molar-refractivity contribution is 5.31. The van der Waals surface area contributed by atoms with Crippen molar-refractivity contribution in [1.29, 1.82) is 0 Å². The number of hydrogen-bond acceptors (Lipinski definition) is 2. The Labute approximate surface area is 116 Å². The van der Waals surface area contributed by atoms with Crippen molar-refractivity contribution in [3.63, 3.8) is 0 Å². The standard InChI is InChI=1S/C15H18F3NO/c16-15(17,18)11-6-7-19-14(9-11)10-2-1-3-13(8-10)20-12-4-5-12/h1-3,8,11-12,14,19H,4-7,9H2. The van der Waals surface area contributed by atoms with Crippen LogP contribution in [-0.2, 0) is 0 Å². The molecule has 110 valence electrons. The largest absolute Gasteiger partial charge is 0.490 e. The lowest BCUT2D eigenvalue weighted by Gasteiger charge is -2.32. The first-order chi connectivity index (χ1) is 9.52. The summed E-state index contributed by atoms with van der Waals surface area (Å²) in [7, 11) is 0. The second kappa shape index (κ2) is 5.28. The van der Waals surface area contributed by atoms with Crippen molar-refractivity contribution in [3.05, 3.63) is 29.8 Å². The van der Waals surface area contributed by atoms with Gasteiger partial charge in [-0.25, -0.2) is 0 Å². The van der Waals surface area contributed by atoms with Crippen LogP contribution in [0.15, 0.2) is 24.3 Å². The van der Waals surface area contributed by atoms with Crippen LogP contribution in [0.25, 0.3) is 0 Å². The predicted octanol–water partition coefficient (Wildman–Crippen LogP) is 3.83. The monoisotopic (exact) mass is 285 g/mol. The van der Waals surface area contributed by atoms with Crippen LogP contribution in [-0.4, -0.2) is 18.8 Å². The summed E-state index contributed by atoms with van der Waals surface area (Å²) in [6, 6.07) is 7.22. The van der Waals surface area contributed by atoms with Gasteiger partial charge < -0.3 is 10.1 Å². The van der Waals surface area contributed by atoms with Crippen LogP contribution in [0.2, 0.25) is 0 Å². The van der Waals surface area contributed by atoms with Crippen molar-refractivity contribution in [1.82, 2.24) is 5.32 Å². The third-order valence-electron chi connectivity index (χ3n) is 3.95. The first kappa shape index (κ1) is 13.7. The maximum Gasteiger partial charge on any atom is 0.391 e. The maximum atomic E-state index is 12.8. The molecule has 1 heterocycles. The van der Waals surface area contributed by atoms with Crippen molar-refractivity contribution in [2.45, 2.75) is 44.0 Å². The topological polar surface area (TPSA) is 21.3 Å². The van der Waals surface area contributed by atoms with Crippen molar-refractivity contribution >= 4 is 0 Å². The molecule has 1 aromatic rings. The Morgan fingerprint density at radius 2 is 1.95 bits per heavy atom. The summed E-state index contributed by atoms with van der Waals surface area (Å²) in [6.45, 7) is 0.405. The van der Waals surface area contributed by atoms with E-state index in [0.29, 0.717) is 12.6 Å². The number of hydrogen-bond donors (Lipinski definition) is 1. The van der Waals surface area contributed by atoms with Gasteiger partial charge in [-0.3, -0.25) is 0 Å². The van der Waals surface area contributed by atoms with Crippen molar-refractivity contribution < 1.29 is 17.9 Å². The van der Waals surface area contributed by atoms with Gasteiger partial charge in [0.2, 0.25) is 0 Å². The van der Waals surface area contributed by atoms with Gasteiger partial charge in [0.25, 0.3) is 0 Å². The number of rotatable bonds is 3. The van der Waals surface area contributed by atoms with E-state index in [4.69, 9.17) is 4.74 Å². The molecule has 1 aromatic carbocycles. The highest BCUT2D eigenvalue weighted by atomic mass is 19.4. The van der Waals surface area contributed by atoms with E-state index in [9.17, 15) is 13.2 Å². The molecule has 2 atom stereocenters. The van der Waals surface area contributed by atoms with Gasteiger partial charge in [0, 0.05) is 6.04 Å². The van der Waals surface area contributed by atoms with Gasteiger partial charge >= 0.3 is 6.18 Å². The number of alkyl halides is 3. The van der Waals surface area contributed by atoms with E-state index in [1.807, 2.05) is 24.3 Å². The van der Waals surface area contributed by atoms with Gasteiger partial charge in [-0.2, -0.15) is 13.2 Å². The second-order valence-corrected chi connectivity index (χ2v) is 5.66. The zero-order chi connectivity index (χ0) is 14.2. The molecule has 0 spiro atoms. The van der Waals surface area contributed by atoms with Crippen LogP contribution in [0.4, 0.5) is 13.2 Å². The maximum absolute atomic E-state index is 12.8. The van der Waals surface area contributed by atoms with E-state index in [1.165, 1.54) is 0 Å². The molecule has 1 aliphatic heterocycles. The zero-order valence-corrected chi connectivity index (χ0v) is 11.1. The van der Waals surface area contributed by atoms with Gasteiger partial charge in [-0.15, -0.1) is 0 Å². The van der Waals surface area contributed by atoms with Crippen molar-refractivity contribution in [2.24, 2.45) is 5.92 Å². The van der Waals surface area contributed by atoms with Crippen molar-refractivity contribution in [2.75, 3.05) is 6.54 Å². The zero-order valence-electron chi connectivity index (χ0n) is 11.1. The first-order valence-corrected chi connectivity index (χ1v) is 7.09. The normalized spacial score (nSPS) is 27.4. The lowest BCUT2D eigenvalue weighted by atomic mass is 9.88. The van der Waals surface area contributed by atoms with Gasteiger partial charge in [-0.05, 0) is 49.9 Å². The number of ether oxygens (including phenoxy) is 1. The molecule has 0 radical (unpaired) electrons. The summed E-state index contributed by atoms with van der Waals surface area (Å²) >= 11 is 0. The fourth-order valence-corrected chi connectivity index (χ4v) is 2.65. The third kappa shape index (κ3) is 3.26. The number of nitrogens with one attached hydrogen (secondary N) is 1. The Morgan fingerprint density at radius 1 is 1.15 bits per heavy atom. The molecule has 20 heavy (non-hydrogen) atoms. The predicted molar refractivity (Wildman–Crippen MR) is 69.6 cm³/mol. The Morgan fingerprint density at radius 3 is 2.65 bits per heavy atom. The molecule has 3 rings (SSSR count). The van der Waals surface area contributed by atoms with Crippen molar-refractivity contribution in [3.8, 4) is 5.75 Å². The highest BCUT2D eigenvalue weighted by Crippen LogP contribution is 2.39. The molecule has 2 nitrogen and oxygen atoms in total. The third-order valence-corrected chi connectivity index (χ3v) is 3.95. The average molecular weight is 285 g/mol. The first-order valence-electron chi connectivity index (χ1n) is 7.09. The fourth-order valence-electron chi connectivity index (χ4n) is 2.65. The fraction of sp³-hybridized carbons (Fsp3) is 0.600. The van der Waals surface area contributed by atoms with Crippen LogP contribution in [0.1, 0.15) is 37.3 Å². The number of benzene rings is 1. The molecule has 1 saturated heterocycles. The molecule has 2 aliphatic rings. The molecule has 1 saturated carbocycles. The van der Waals surface area contributed by atoms with E-state index >= 15 is 0 Å². The van der Waals surface area contributed by atoms with E-state index < -0.39 is 12.1 Å². The summed E-state index contributed by atoms with van der Waals surface area (Å²) < 4.78 is 44.2. The molecule has 0 aromatic heterocycles. The van der Waals surface area contributed by atoms with E-state index in [0.717, 1.165) is 24.2 Å². The van der Waals surface area contributed by atoms with Gasteiger partial charge in [0.05, 0.1) is 12.0 Å². The Balaban J connectivity index is 1.71. The Hall–Kier alpha value is -1.23. The van der Waals surface area contributed by atoms with E-state index in [-0.39, 0.29) is 18.9 Å². The van der Waals surface area contributed by atoms with Crippen LogP contribution in [0, 0.1) is 5.92 Å². The van der Waals surface area contributed by atoms with Gasteiger partial charge in [0.1, 0.15) is 5.75 Å². The molecule has 1 aliphatic carbocycles. The minimum atomic E-state index is -4.09. The summed E-state index contributed by atoms with van der Waals surface area (Å²) in [6.07, 6.45) is -1.38. The molecule has 5 heteroatoms. The molecule has 1 N–H and O–H groups in total. The molecule has 2 unspecified atom stereocenters. The lowest BCUT2D eigenvalue weighted by Crippen LogP contribution is -2.38. The average Bonchev–Trinajstić information content (AvgIpc) is 3.22. The molecule has 0 amide bonds. The molecule has 0 bridgehead atoms. The van der Waals surface area contributed by atoms with Gasteiger partial charge in [0.15, 0.2) is 0 Å². The smallest absolute Gasteiger partial charge is 0.391 e. The van der Waals surface area contributed by atoms with E-state index in [1.54, 1.807) is 0 Å². The van der Waals surface area contributed by atoms with Gasteiger partial charge in [-0.1, -0.05) is 12.1 Å². The Kier molecular flexibility index (Phi) is 3.63. The van der Waals surface area contributed by atoms with Crippen LogP contribution < -0.4 is 10.1 Å². The second-order valence-electron chi connectivity index (χ2n) is 5.66. The summed E-state index contributed by atoms with van der Waals surface area (Å²) in [5.74, 6) is -0.442. The summed E-state index contributed by atoms with van der Waals surface area (Å²) in [4.78, 5) is 0. The highest BCUT2D eigenvalue weighted by Gasteiger charge is 2.42. The Bertz CT molecular complexity index is 470. The number of piperidine rings is 1. The molecule has 2 fully saturated rings. The molecular weight excluding hydrogens is 267 g/mol. The summed E-state index contributed by atoms with van der Waals surface area (Å²) in [5.41, 5.74) is 0.886. The van der Waals surface area contributed by atoms with Crippen LogP contribution in [0.3, 0.4) is 0 Å². The van der Waals surface area contributed by atoms with E-state index in [2.05, 4.69) is 5.32 Å². The quantitative estimate of drug-likeness (QED) is 0.911.